The van der Waals surface area contributed by atoms with E-state index >= 15 is 0 Å². The lowest BCUT2D eigenvalue weighted by Gasteiger charge is -2.16. The van der Waals surface area contributed by atoms with Crippen LogP contribution in [0.15, 0.2) is 60.7 Å². The van der Waals surface area contributed by atoms with Crippen molar-refractivity contribution in [3.8, 4) is 5.69 Å². The topological polar surface area (TPSA) is 63.1 Å². The molecular formula is C21H23N5O. The van der Waals surface area contributed by atoms with E-state index in [1.54, 1.807) is 0 Å². The van der Waals surface area contributed by atoms with Crippen LogP contribution in [0.3, 0.4) is 0 Å². The molecule has 6 heteroatoms. The number of amides is 1. The molecule has 1 aliphatic heterocycles. The van der Waals surface area contributed by atoms with E-state index in [4.69, 9.17) is 0 Å². The number of aryl methyl sites for hydroxylation is 1. The van der Waals surface area contributed by atoms with Gasteiger partial charge < -0.3 is 5.32 Å². The van der Waals surface area contributed by atoms with Crippen molar-refractivity contribution in [3.63, 3.8) is 0 Å². The Balaban J connectivity index is 1.38. The van der Waals surface area contributed by atoms with E-state index in [1.807, 2.05) is 43.3 Å². The van der Waals surface area contributed by atoms with Crippen LogP contribution in [0.5, 0.6) is 0 Å². The minimum absolute atomic E-state index is 0.141. The summed E-state index contributed by atoms with van der Waals surface area (Å²) >= 11 is 0. The van der Waals surface area contributed by atoms with Gasteiger partial charge in [-0.15, -0.1) is 5.10 Å². The molecule has 1 fully saturated rings. The summed E-state index contributed by atoms with van der Waals surface area (Å²) in [6, 6.07) is 20.2. The van der Waals surface area contributed by atoms with Gasteiger partial charge in [0.05, 0.1) is 11.4 Å². The molecule has 6 nitrogen and oxygen atoms in total. The highest BCUT2D eigenvalue weighted by atomic mass is 16.2. The average Bonchev–Trinajstić information content (AvgIpc) is 3.29. The third-order valence-electron chi connectivity index (χ3n) is 4.84. The second-order valence-corrected chi connectivity index (χ2v) is 6.94. The maximum Gasteiger partial charge on any atom is 0.274 e. The molecular weight excluding hydrogens is 338 g/mol. The van der Waals surface area contributed by atoms with Gasteiger partial charge in [0.15, 0.2) is 5.69 Å². The van der Waals surface area contributed by atoms with E-state index in [1.165, 1.54) is 10.4 Å². The van der Waals surface area contributed by atoms with Crippen LogP contribution in [0.2, 0.25) is 0 Å². The highest BCUT2D eigenvalue weighted by Gasteiger charge is 2.26. The Morgan fingerprint density at radius 2 is 1.78 bits per heavy atom. The first-order valence-corrected chi connectivity index (χ1v) is 9.25. The number of hydrogen-bond donors (Lipinski definition) is 1. The average molecular weight is 361 g/mol. The van der Waals surface area contributed by atoms with Crippen LogP contribution in [0.4, 0.5) is 0 Å². The van der Waals surface area contributed by atoms with Gasteiger partial charge in [0.2, 0.25) is 0 Å². The highest BCUT2D eigenvalue weighted by Crippen LogP contribution is 2.15. The number of carbonyl (C=O) groups is 1. The number of para-hydroxylation sites is 1. The molecule has 0 bridgehead atoms. The van der Waals surface area contributed by atoms with Crippen molar-refractivity contribution in [2.45, 2.75) is 25.9 Å². The lowest BCUT2D eigenvalue weighted by Crippen LogP contribution is -2.37. The van der Waals surface area contributed by atoms with Crippen molar-refractivity contribution in [1.82, 2.24) is 25.2 Å². The van der Waals surface area contributed by atoms with E-state index in [9.17, 15) is 4.79 Å². The molecule has 1 amide bonds. The molecule has 0 radical (unpaired) electrons. The molecule has 0 aliphatic carbocycles. The normalized spacial score (nSPS) is 17.1. The van der Waals surface area contributed by atoms with E-state index in [2.05, 4.69) is 44.7 Å². The van der Waals surface area contributed by atoms with E-state index in [0.717, 1.165) is 31.7 Å². The smallest absolute Gasteiger partial charge is 0.274 e. The SMILES string of the molecule is Cc1nn(-c2ccccc2)nc1C(=O)N[C@H]1CCN(Cc2ccccc2)C1. The molecule has 2 heterocycles. The zero-order valence-corrected chi connectivity index (χ0v) is 15.4. The quantitative estimate of drug-likeness (QED) is 0.759. The van der Waals surface area contributed by atoms with Gasteiger partial charge in [-0.1, -0.05) is 48.5 Å². The second kappa shape index (κ2) is 7.72. The molecule has 138 valence electrons. The Bertz CT molecular complexity index is 907. The molecule has 0 spiro atoms. The van der Waals surface area contributed by atoms with Crippen LogP contribution in [-0.2, 0) is 6.54 Å². The fourth-order valence-corrected chi connectivity index (χ4v) is 3.45. The monoisotopic (exact) mass is 361 g/mol. The molecule has 4 rings (SSSR count). The number of carbonyl (C=O) groups excluding carboxylic acids is 1. The van der Waals surface area contributed by atoms with Gasteiger partial charge in [-0.3, -0.25) is 9.69 Å². The van der Waals surface area contributed by atoms with Gasteiger partial charge in [0, 0.05) is 25.7 Å². The van der Waals surface area contributed by atoms with Gasteiger partial charge >= 0.3 is 0 Å². The number of aromatic nitrogens is 3. The number of rotatable bonds is 5. The number of nitrogens with one attached hydrogen (secondary N) is 1. The Morgan fingerprint density at radius 3 is 2.52 bits per heavy atom. The third-order valence-corrected chi connectivity index (χ3v) is 4.84. The molecule has 1 atom stereocenters. The van der Waals surface area contributed by atoms with E-state index < -0.39 is 0 Å². The second-order valence-electron chi connectivity index (χ2n) is 6.94. The summed E-state index contributed by atoms with van der Waals surface area (Å²) in [6.07, 6.45) is 0.949. The number of benzene rings is 2. The summed E-state index contributed by atoms with van der Waals surface area (Å²) in [7, 11) is 0. The Labute approximate surface area is 158 Å². The first kappa shape index (κ1) is 17.4. The molecule has 3 aromatic rings. The van der Waals surface area contributed by atoms with Crippen LogP contribution >= 0.6 is 0 Å². The molecule has 1 aromatic heterocycles. The van der Waals surface area contributed by atoms with E-state index in [0.29, 0.717) is 11.4 Å². The van der Waals surface area contributed by atoms with Gasteiger partial charge in [-0.2, -0.15) is 9.90 Å². The fourth-order valence-electron chi connectivity index (χ4n) is 3.45. The minimum atomic E-state index is -0.152. The predicted octanol–water partition coefficient (Wildman–Crippen LogP) is 2.58. The summed E-state index contributed by atoms with van der Waals surface area (Å²) in [4.78, 5) is 16.6. The van der Waals surface area contributed by atoms with Crippen LogP contribution in [-0.4, -0.2) is 44.9 Å². The maximum atomic E-state index is 12.7. The van der Waals surface area contributed by atoms with Crippen molar-refractivity contribution >= 4 is 5.91 Å². The van der Waals surface area contributed by atoms with Crippen molar-refractivity contribution in [1.29, 1.82) is 0 Å². The van der Waals surface area contributed by atoms with E-state index in [-0.39, 0.29) is 11.9 Å². The lowest BCUT2D eigenvalue weighted by molar-refractivity contribution is 0.0931. The first-order valence-electron chi connectivity index (χ1n) is 9.25. The van der Waals surface area contributed by atoms with Crippen molar-refractivity contribution in [2.24, 2.45) is 0 Å². The number of nitrogens with zero attached hydrogens (tertiary/aromatic N) is 4. The maximum absolute atomic E-state index is 12.7. The van der Waals surface area contributed by atoms with Gasteiger partial charge in [0.25, 0.3) is 5.91 Å². The van der Waals surface area contributed by atoms with Crippen molar-refractivity contribution in [3.05, 3.63) is 77.6 Å². The van der Waals surface area contributed by atoms with Gasteiger partial charge in [-0.25, -0.2) is 0 Å². The first-order chi connectivity index (χ1) is 13.2. The van der Waals surface area contributed by atoms with Crippen LogP contribution in [0.25, 0.3) is 5.69 Å². The Kier molecular flexibility index (Phi) is 4.98. The highest BCUT2D eigenvalue weighted by molar-refractivity contribution is 5.93. The fraction of sp³-hybridized carbons (Fsp3) is 0.286. The van der Waals surface area contributed by atoms with Crippen LogP contribution in [0.1, 0.15) is 28.2 Å². The van der Waals surface area contributed by atoms with Crippen LogP contribution in [0, 0.1) is 6.92 Å². The summed E-state index contributed by atoms with van der Waals surface area (Å²) < 4.78 is 0. The minimum Gasteiger partial charge on any atom is -0.347 e. The van der Waals surface area contributed by atoms with Crippen molar-refractivity contribution < 1.29 is 4.79 Å². The summed E-state index contributed by atoms with van der Waals surface area (Å²) in [6.45, 7) is 4.57. The Morgan fingerprint density at radius 1 is 1.07 bits per heavy atom. The molecule has 0 saturated carbocycles. The summed E-state index contributed by atoms with van der Waals surface area (Å²) in [5.41, 5.74) is 3.16. The standard InChI is InChI=1S/C21H23N5O/c1-16-20(24-26(23-16)19-10-6-3-7-11-19)21(27)22-18-12-13-25(15-18)14-17-8-4-2-5-9-17/h2-11,18H,12-15H2,1H3,(H,22,27)/t18-/m0/s1. The molecule has 2 aromatic carbocycles. The predicted molar refractivity (Wildman–Crippen MR) is 104 cm³/mol. The third kappa shape index (κ3) is 4.06. The lowest BCUT2D eigenvalue weighted by atomic mass is 10.2. The van der Waals surface area contributed by atoms with Crippen molar-refractivity contribution in [2.75, 3.05) is 13.1 Å². The molecule has 27 heavy (non-hydrogen) atoms. The number of likely N-dealkylation sites (tertiary alicyclic amines) is 1. The largest absolute Gasteiger partial charge is 0.347 e. The molecule has 1 saturated heterocycles. The van der Waals surface area contributed by atoms with Gasteiger partial charge in [0.1, 0.15) is 0 Å². The zero-order valence-electron chi connectivity index (χ0n) is 15.4. The van der Waals surface area contributed by atoms with Crippen LogP contribution < -0.4 is 5.32 Å². The van der Waals surface area contributed by atoms with Gasteiger partial charge in [-0.05, 0) is 31.0 Å². The summed E-state index contributed by atoms with van der Waals surface area (Å²) in [5.74, 6) is -0.152. The Hall–Kier alpha value is -2.99. The zero-order chi connectivity index (χ0) is 18.6. The molecule has 1 N–H and O–H groups in total. The molecule has 1 aliphatic rings. The number of hydrogen-bond acceptors (Lipinski definition) is 4. The molecule has 0 unspecified atom stereocenters. The summed E-state index contributed by atoms with van der Waals surface area (Å²) in [5, 5.41) is 11.9.